The van der Waals surface area contributed by atoms with Crippen LogP contribution in [0.25, 0.3) is 11.4 Å². The topological polar surface area (TPSA) is 117 Å². The van der Waals surface area contributed by atoms with Crippen LogP contribution in [0.5, 0.6) is 0 Å². The second-order valence-corrected chi connectivity index (χ2v) is 9.04. The molecule has 1 aromatic heterocycles. The molecule has 4 rings (SSSR count). The van der Waals surface area contributed by atoms with Crippen LogP contribution in [0.15, 0.2) is 53.7 Å². The van der Waals surface area contributed by atoms with Crippen molar-refractivity contribution in [2.45, 2.75) is 24.2 Å². The van der Waals surface area contributed by atoms with E-state index in [1.165, 1.54) is 30.6 Å². The van der Waals surface area contributed by atoms with Gasteiger partial charge in [0.1, 0.15) is 11.2 Å². The monoisotopic (exact) mass is 441 g/mol. The SMILES string of the molecule is Cn1ncnc1-c1ccc(N2CCCCC2)c(NS(=O)(=O)c2ccccc2C(=O)O)c1. The first kappa shape index (κ1) is 20.9. The van der Waals surface area contributed by atoms with E-state index in [4.69, 9.17) is 0 Å². The summed E-state index contributed by atoms with van der Waals surface area (Å²) in [6.45, 7) is 1.65. The van der Waals surface area contributed by atoms with Crippen LogP contribution in [0.4, 0.5) is 11.4 Å². The van der Waals surface area contributed by atoms with Gasteiger partial charge in [-0.15, -0.1) is 0 Å². The summed E-state index contributed by atoms with van der Waals surface area (Å²) in [4.78, 5) is 17.7. The summed E-state index contributed by atoms with van der Waals surface area (Å²) in [5.41, 5.74) is 1.55. The second kappa shape index (κ2) is 8.38. The minimum absolute atomic E-state index is 0.279. The summed E-state index contributed by atoms with van der Waals surface area (Å²) in [6.07, 6.45) is 4.62. The number of carboxylic acids is 1. The van der Waals surface area contributed by atoms with E-state index in [2.05, 4.69) is 19.7 Å². The number of nitrogens with one attached hydrogen (secondary N) is 1. The number of nitrogens with zero attached hydrogens (tertiary/aromatic N) is 4. The molecule has 162 valence electrons. The number of sulfonamides is 1. The number of hydrogen-bond acceptors (Lipinski definition) is 6. The molecule has 0 bridgehead atoms. The van der Waals surface area contributed by atoms with Crippen LogP contribution in [0.2, 0.25) is 0 Å². The number of aryl methyl sites for hydroxylation is 1. The van der Waals surface area contributed by atoms with Gasteiger partial charge < -0.3 is 10.0 Å². The van der Waals surface area contributed by atoms with Gasteiger partial charge >= 0.3 is 5.97 Å². The van der Waals surface area contributed by atoms with E-state index in [9.17, 15) is 18.3 Å². The first-order valence-electron chi connectivity index (χ1n) is 9.95. The highest BCUT2D eigenvalue weighted by Gasteiger charge is 2.25. The molecular weight excluding hydrogens is 418 g/mol. The zero-order valence-corrected chi connectivity index (χ0v) is 17.8. The number of aromatic carboxylic acids is 1. The fraction of sp³-hybridized carbons (Fsp3) is 0.286. The van der Waals surface area contributed by atoms with Gasteiger partial charge in [0.15, 0.2) is 5.82 Å². The van der Waals surface area contributed by atoms with E-state index < -0.39 is 16.0 Å². The van der Waals surface area contributed by atoms with Crippen molar-refractivity contribution in [3.8, 4) is 11.4 Å². The number of carboxylic acid groups (broad SMARTS) is 1. The first-order chi connectivity index (χ1) is 14.9. The van der Waals surface area contributed by atoms with Crippen LogP contribution < -0.4 is 9.62 Å². The molecule has 0 saturated carbocycles. The maximum absolute atomic E-state index is 13.2. The van der Waals surface area contributed by atoms with Crippen molar-refractivity contribution in [3.05, 3.63) is 54.4 Å². The van der Waals surface area contributed by atoms with Crippen LogP contribution in [-0.4, -0.2) is 47.3 Å². The van der Waals surface area contributed by atoms with Crippen molar-refractivity contribution >= 4 is 27.4 Å². The highest BCUT2D eigenvalue weighted by Crippen LogP contribution is 2.34. The van der Waals surface area contributed by atoms with Crippen LogP contribution in [0.3, 0.4) is 0 Å². The number of carbonyl (C=O) groups is 1. The molecule has 2 aromatic carbocycles. The highest BCUT2D eigenvalue weighted by atomic mass is 32.2. The Morgan fingerprint density at radius 3 is 2.52 bits per heavy atom. The predicted octanol–water partition coefficient (Wildman–Crippen LogP) is 2.97. The fourth-order valence-electron chi connectivity index (χ4n) is 3.80. The van der Waals surface area contributed by atoms with Crippen molar-refractivity contribution in [1.82, 2.24) is 14.8 Å². The van der Waals surface area contributed by atoms with Gasteiger partial charge in [-0.25, -0.2) is 22.9 Å². The normalized spacial score (nSPS) is 14.4. The molecule has 0 unspecified atom stereocenters. The van der Waals surface area contributed by atoms with E-state index in [-0.39, 0.29) is 10.5 Å². The Morgan fingerprint density at radius 1 is 1.10 bits per heavy atom. The maximum Gasteiger partial charge on any atom is 0.337 e. The van der Waals surface area contributed by atoms with Crippen LogP contribution in [0.1, 0.15) is 29.6 Å². The second-order valence-electron chi connectivity index (χ2n) is 7.39. The lowest BCUT2D eigenvalue weighted by Crippen LogP contribution is -2.30. The lowest BCUT2D eigenvalue weighted by Gasteiger charge is -2.31. The van der Waals surface area contributed by atoms with Crippen molar-refractivity contribution in [1.29, 1.82) is 0 Å². The number of anilines is 2. The summed E-state index contributed by atoms with van der Waals surface area (Å²) < 4.78 is 30.6. The quantitative estimate of drug-likeness (QED) is 0.604. The van der Waals surface area contributed by atoms with Gasteiger partial charge in [-0.3, -0.25) is 4.72 Å². The summed E-state index contributed by atoms with van der Waals surface area (Å²) in [6, 6.07) is 11.0. The molecule has 0 radical (unpaired) electrons. The zero-order chi connectivity index (χ0) is 22.0. The Kier molecular flexibility index (Phi) is 5.64. The molecule has 31 heavy (non-hydrogen) atoms. The Morgan fingerprint density at radius 2 is 1.84 bits per heavy atom. The van der Waals surface area contributed by atoms with E-state index >= 15 is 0 Å². The molecule has 1 fully saturated rings. The molecule has 1 aliphatic rings. The molecule has 2 heterocycles. The van der Waals surface area contributed by atoms with Gasteiger partial charge in [0, 0.05) is 25.7 Å². The molecule has 1 saturated heterocycles. The smallest absolute Gasteiger partial charge is 0.337 e. The van der Waals surface area contributed by atoms with Gasteiger partial charge in [0.05, 0.1) is 16.9 Å². The van der Waals surface area contributed by atoms with Crippen LogP contribution in [0, 0.1) is 0 Å². The van der Waals surface area contributed by atoms with Gasteiger partial charge in [-0.05, 0) is 49.6 Å². The minimum atomic E-state index is -4.15. The Bertz CT molecular complexity index is 1220. The summed E-state index contributed by atoms with van der Waals surface area (Å²) in [7, 11) is -2.39. The van der Waals surface area contributed by atoms with Crippen LogP contribution >= 0.6 is 0 Å². The average Bonchev–Trinajstić information content (AvgIpc) is 3.20. The molecule has 3 aromatic rings. The number of piperidine rings is 1. The Labute approximate surface area is 180 Å². The number of rotatable bonds is 6. The lowest BCUT2D eigenvalue weighted by atomic mass is 10.1. The molecule has 0 spiro atoms. The molecule has 0 atom stereocenters. The molecule has 0 amide bonds. The van der Waals surface area contributed by atoms with Gasteiger partial charge in [-0.1, -0.05) is 12.1 Å². The molecule has 0 aliphatic carbocycles. The van der Waals surface area contributed by atoms with Crippen molar-refractivity contribution < 1.29 is 18.3 Å². The Hall–Kier alpha value is -3.40. The number of benzene rings is 2. The van der Waals surface area contributed by atoms with E-state index in [0.717, 1.165) is 38.0 Å². The number of aromatic nitrogens is 3. The average molecular weight is 442 g/mol. The summed E-state index contributed by atoms with van der Waals surface area (Å²) >= 11 is 0. The summed E-state index contributed by atoms with van der Waals surface area (Å²) in [5, 5.41) is 13.5. The zero-order valence-electron chi connectivity index (χ0n) is 17.0. The third kappa shape index (κ3) is 4.24. The third-order valence-corrected chi connectivity index (χ3v) is 6.74. The first-order valence-corrected chi connectivity index (χ1v) is 11.4. The standard InChI is InChI=1S/C21H23N5O4S/c1-25-20(22-14-23-25)15-9-10-18(26-11-5-2-6-12-26)17(13-15)24-31(29,30)19-8-4-3-7-16(19)21(27)28/h3-4,7-10,13-14,24H,2,5-6,11-12H2,1H3,(H,27,28). The molecule has 2 N–H and O–H groups in total. The van der Waals surface area contributed by atoms with Gasteiger partial charge in [0.25, 0.3) is 10.0 Å². The molecule has 1 aliphatic heterocycles. The molecule has 9 nitrogen and oxygen atoms in total. The largest absolute Gasteiger partial charge is 0.478 e. The summed E-state index contributed by atoms with van der Waals surface area (Å²) in [5.74, 6) is -0.707. The lowest BCUT2D eigenvalue weighted by molar-refractivity contribution is 0.0692. The maximum atomic E-state index is 13.2. The van der Waals surface area contributed by atoms with Crippen molar-refractivity contribution in [2.75, 3.05) is 22.7 Å². The third-order valence-electron chi connectivity index (χ3n) is 5.31. The molecule has 10 heteroatoms. The van der Waals surface area contributed by atoms with E-state index in [1.54, 1.807) is 17.8 Å². The Balaban J connectivity index is 1.79. The molecular formula is C21H23N5O4S. The van der Waals surface area contributed by atoms with Crippen LogP contribution in [-0.2, 0) is 17.1 Å². The van der Waals surface area contributed by atoms with Crippen molar-refractivity contribution in [3.63, 3.8) is 0 Å². The van der Waals surface area contributed by atoms with E-state index in [0.29, 0.717) is 17.1 Å². The van der Waals surface area contributed by atoms with Crippen molar-refractivity contribution in [2.24, 2.45) is 7.05 Å². The predicted molar refractivity (Wildman–Crippen MR) is 117 cm³/mol. The van der Waals surface area contributed by atoms with Gasteiger partial charge in [-0.2, -0.15) is 5.10 Å². The number of hydrogen-bond donors (Lipinski definition) is 2. The fourth-order valence-corrected chi connectivity index (χ4v) is 5.07. The highest BCUT2D eigenvalue weighted by molar-refractivity contribution is 7.92. The minimum Gasteiger partial charge on any atom is -0.478 e. The van der Waals surface area contributed by atoms with Gasteiger partial charge in [0.2, 0.25) is 0 Å². The van der Waals surface area contributed by atoms with E-state index in [1.807, 2.05) is 12.1 Å².